The van der Waals surface area contributed by atoms with Gasteiger partial charge in [0.15, 0.2) is 11.6 Å². The molecule has 1 amide bonds. The Kier molecular flexibility index (Phi) is 6.72. The molecule has 5 rings (SSSR count). The summed E-state index contributed by atoms with van der Waals surface area (Å²) in [6, 6.07) is 15.8. The quantitative estimate of drug-likeness (QED) is 0.346. The number of aromatic nitrogens is 2. The topological polar surface area (TPSA) is 50.2 Å². The minimum atomic E-state index is -0.925. The fourth-order valence-corrected chi connectivity index (χ4v) is 5.11. The third kappa shape index (κ3) is 4.70. The number of carbonyl (C=O) groups excluding carboxylic acids is 1. The van der Waals surface area contributed by atoms with Gasteiger partial charge in [0.1, 0.15) is 0 Å². The number of anilines is 1. The Balaban J connectivity index is 1.58. The van der Waals surface area contributed by atoms with Gasteiger partial charge in [0.05, 0.1) is 23.3 Å². The van der Waals surface area contributed by atoms with Gasteiger partial charge in [-0.2, -0.15) is 0 Å². The Hall–Kier alpha value is -3.74. The molecule has 1 saturated heterocycles. The fraction of sp³-hybridized carbons (Fsp3) is 0.310. The number of benzene rings is 2. The molecule has 0 bridgehead atoms. The van der Waals surface area contributed by atoms with Crippen molar-refractivity contribution < 1.29 is 13.6 Å². The lowest BCUT2D eigenvalue weighted by molar-refractivity contribution is 0.0951. The lowest BCUT2D eigenvalue weighted by Gasteiger charge is -2.18. The van der Waals surface area contributed by atoms with Crippen molar-refractivity contribution in [2.24, 2.45) is 0 Å². The van der Waals surface area contributed by atoms with Crippen LogP contribution in [0.1, 0.15) is 59.9 Å². The Morgan fingerprint density at radius 1 is 1.03 bits per heavy atom. The molecule has 7 heteroatoms. The Morgan fingerprint density at radius 2 is 1.83 bits per heavy atom. The number of hydrogen-bond donors (Lipinski definition) is 1. The summed E-state index contributed by atoms with van der Waals surface area (Å²) in [5.74, 6) is -1.99. The normalized spacial score (nSPS) is 13.6. The van der Waals surface area contributed by atoms with E-state index >= 15 is 0 Å². The summed E-state index contributed by atoms with van der Waals surface area (Å²) in [7, 11) is 0. The van der Waals surface area contributed by atoms with Crippen molar-refractivity contribution >= 4 is 22.5 Å². The minimum absolute atomic E-state index is 0.0698. The summed E-state index contributed by atoms with van der Waals surface area (Å²) in [5.41, 5.74) is 5.11. The average molecular weight is 489 g/mol. The van der Waals surface area contributed by atoms with E-state index in [1.807, 2.05) is 24.3 Å². The molecular weight excluding hydrogens is 458 g/mol. The van der Waals surface area contributed by atoms with Crippen molar-refractivity contribution in [1.29, 1.82) is 0 Å². The molecule has 0 saturated carbocycles. The number of nitrogens with one attached hydrogen (secondary N) is 1. The van der Waals surface area contributed by atoms with E-state index in [2.05, 4.69) is 45.7 Å². The number of rotatable bonds is 7. The number of nitrogens with zero attached hydrogens (tertiary/aromatic N) is 3. The van der Waals surface area contributed by atoms with Crippen LogP contribution in [0.2, 0.25) is 0 Å². The minimum Gasteiger partial charge on any atom is -0.371 e. The Labute approximate surface area is 209 Å². The first-order valence-corrected chi connectivity index (χ1v) is 12.5. The molecule has 5 nitrogen and oxygen atoms in total. The molecule has 36 heavy (non-hydrogen) atoms. The van der Waals surface area contributed by atoms with Gasteiger partial charge in [-0.1, -0.05) is 26.0 Å². The summed E-state index contributed by atoms with van der Waals surface area (Å²) in [6.45, 7) is 6.88. The number of amides is 1. The van der Waals surface area contributed by atoms with E-state index in [0.717, 1.165) is 53.2 Å². The second-order valence-corrected chi connectivity index (χ2v) is 9.65. The highest BCUT2D eigenvalue weighted by Crippen LogP contribution is 2.35. The molecule has 0 radical (unpaired) electrons. The van der Waals surface area contributed by atoms with Gasteiger partial charge in [-0.3, -0.25) is 9.78 Å². The van der Waals surface area contributed by atoms with Crippen LogP contribution >= 0.6 is 0 Å². The molecule has 4 aromatic rings. The summed E-state index contributed by atoms with van der Waals surface area (Å²) >= 11 is 0. The molecule has 3 heterocycles. The molecule has 1 aliphatic heterocycles. The number of pyridine rings is 1. The highest BCUT2D eigenvalue weighted by Gasteiger charge is 2.26. The molecule has 1 fully saturated rings. The van der Waals surface area contributed by atoms with Crippen molar-refractivity contribution in [2.75, 3.05) is 18.0 Å². The van der Waals surface area contributed by atoms with Crippen molar-refractivity contribution in [3.63, 3.8) is 0 Å². The Bertz CT molecular complexity index is 1390. The first-order chi connectivity index (χ1) is 17.4. The summed E-state index contributed by atoms with van der Waals surface area (Å²) in [6.07, 6.45) is 4.14. The maximum Gasteiger partial charge on any atom is 0.254 e. The average Bonchev–Trinajstić information content (AvgIpc) is 3.52. The smallest absolute Gasteiger partial charge is 0.254 e. The van der Waals surface area contributed by atoms with E-state index in [9.17, 15) is 13.6 Å². The lowest BCUT2D eigenvalue weighted by atomic mass is 10.0. The van der Waals surface area contributed by atoms with E-state index in [1.54, 1.807) is 6.20 Å². The second-order valence-electron chi connectivity index (χ2n) is 9.65. The third-order valence-electron chi connectivity index (χ3n) is 6.82. The first kappa shape index (κ1) is 24.0. The predicted octanol–water partition coefficient (Wildman–Crippen LogP) is 6.02. The molecule has 1 aliphatic rings. The van der Waals surface area contributed by atoms with Gasteiger partial charge in [0.2, 0.25) is 0 Å². The molecule has 0 spiro atoms. The zero-order chi connectivity index (χ0) is 25.2. The van der Waals surface area contributed by atoms with Crippen LogP contribution in [-0.4, -0.2) is 28.5 Å². The Morgan fingerprint density at radius 3 is 2.53 bits per heavy atom. The van der Waals surface area contributed by atoms with Crippen LogP contribution in [-0.2, 0) is 13.1 Å². The molecular formula is C29H30F2N4O. The molecule has 0 atom stereocenters. The van der Waals surface area contributed by atoms with Gasteiger partial charge in [-0.25, -0.2) is 8.78 Å². The van der Waals surface area contributed by atoms with Gasteiger partial charge in [-0.15, -0.1) is 0 Å². The fourth-order valence-electron chi connectivity index (χ4n) is 5.11. The summed E-state index contributed by atoms with van der Waals surface area (Å²) < 4.78 is 29.2. The monoisotopic (exact) mass is 488 g/mol. The van der Waals surface area contributed by atoms with Crippen LogP contribution in [0.5, 0.6) is 0 Å². The number of hydrogen-bond acceptors (Lipinski definition) is 3. The van der Waals surface area contributed by atoms with E-state index in [4.69, 9.17) is 0 Å². The van der Waals surface area contributed by atoms with Crippen LogP contribution in [0.3, 0.4) is 0 Å². The first-order valence-electron chi connectivity index (χ1n) is 12.5. The molecule has 0 aliphatic carbocycles. The molecule has 0 unspecified atom stereocenters. The van der Waals surface area contributed by atoms with Crippen molar-refractivity contribution in [2.45, 2.75) is 45.7 Å². The van der Waals surface area contributed by atoms with E-state index in [1.165, 1.54) is 18.9 Å². The van der Waals surface area contributed by atoms with Gasteiger partial charge in [0, 0.05) is 42.6 Å². The largest absolute Gasteiger partial charge is 0.371 e. The summed E-state index contributed by atoms with van der Waals surface area (Å²) in [5, 5.41) is 3.80. The highest BCUT2D eigenvalue weighted by atomic mass is 19.2. The van der Waals surface area contributed by atoms with E-state index in [-0.39, 0.29) is 18.4 Å². The van der Waals surface area contributed by atoms with Gasteiger partial charge in [-0.05, 0) is 66.8 Å². The molecule has 2 aromatic heterocycles. The van der Waals surface area contributed by atoms with Gasteiger partial charge < -0.3 is 14.8 Å². The van der Waals surface area contributed by atoms with Crippen LogP contribution in [0.4, 0.5) is 14.5 Å². The van der Waals surface area contributed by atoms with Crippen molar-refractivity contribution in [1.82, 2.24) is 14.9 Å². The van der Waals surface area contributed by atoms with Crippen LogP contribution in [0.15, 0.2) is 60.8 Å². The number of halogens is 2. The third-order valence-corrected chi connectivity index (χ3v) is 6.82. The van der Waals surface area contributed by atoms with Crippen LogP contribution < -0.4 is 10.2 Å². The summed E-state index contributed by atoms with van der Waals surface area (Å²) in [4.78, 5) is 20.5. The van der Waals surface area contributed by atoms with E-state index in [0.29, 0.717) is 17.7 Å². The van der Waals surface area contributed by atoms with Gasteiger partial charge in [0.25, 0.3) is 5.91 Å². The molecule has 186 valence electrons. The zero-order valence-electron chi connectivity index (χ0n) is 20.6. The number of carbonyl (C=O) groups is 1. The van der Waals surface area contributed by atoms with Gasteiger partial charge >= 0.3 is 0 Å². The molecule has 2 aromatic carbocycles. The maximum absolute atomic E-state index is 13.7. The standard InChI is InChI=1S/C29H30F2N4O/c1-19(2)28-27(29(36)33-17-20-8-11-24(30)25(31)15-20)23-10-9-22(34-13-5-6-14-34)16-26(23)35(28)18-21-7-3-4-12-32-21/h3-4,7-12,15-16,19H,5-6,13-14,17-18H2,1-2H3,(H,33,36). The second kappa shape index (κ2) is 10.1. The highest BCUT2D eigenvalue weighted by molar-refractivity contribution is 6.09. The van der Waals surface area contributed by atoms with Crippen molar-refractivity contribution in [3.8, 4) is 0 Å². The lowest BCUT2D eigenvalue weighted by Crippen LogP contribution is -2.24. The predicted molar refractivity (Wildman–Crippen MR) is 138 cm³/mol. The van der Waals surface area contributed by atoms with Crippen LogP contribution in [0, 0.1) is 11.6 Å². The maximum atomic E-state index is 13.7. The van der Waals surface area contributed by atoms with Crippen LogP contribution in [0.25, 0.3) is 10.9 Å². The number of fused-ring (bicyclic) bond motifs is 1. The van der Waals surface area contributed by atoms with Crippen molar-refractivity contribution in [3.05, 3.63) is 94.9 Å². The SMILES string of the molecule is CC(C)c1c(C(=O)NCc2ccc(F)c(F)c2)c2ccc(N3CCCC3)cc2n1Cc1ccccn1. The zero-order valence-corrected chi connectivity index (χ0v) is 20.6. The van der Waals surface area contributed by atoms with E-state index < -0.39 is 11.6 Å². The molecule has 1 N–H and O–H groups in total.